The van der Waals surface area contributed by atoms with Gasteiger partial charge in [0.05, 0.1) is 24.2 Å². The summed E-state index contributed by atoms with van der Waals surface area (Å²) in [5.74, 6) is 0. The maximum absolute atomic E-state index is 11.6. The Bertz CT molecular complexity index is 649. The van der Waals surface area contributed by atoms with Gasteiger partial charge in [-0.05, 0) is 6.07 Å². The Hall–Kier alpha value is -2.30. The molecule has 0 saturated carbocycles. The highest BCUT2D eigenvalue weighted by molar-refractivity contribution is 5.92. The molecule has 0 aromatic carbocycles. The third-order valence-electron chi connectivity index (χ3n) is 2.31. The SMILES string of the molecule is O=c1[nH]cnc2[nH]cc(-c3ccoc3)c12. The van der Waals surface area contributed by atoms with Crippen LogP contribution in [0, 0.1) is 0 Å². The zero-order valence-electron chi connectivity index (χ0n) is 7.65. The summed E-state index contributed by atoms with van der Waals surface area (Å²) >= 11 is 0. The second kappa shape index (κ2) is 2.84. The molecule has 0 aliphatic heterocycles. The van der Waals surface area contributed by atoms with Crippen LogP contribution in [0.2, 0.25) is 0 Å². The van der Waals surface area contributed by atoms with Crippen molar-refractivity contribution >= 4 is 11.0 Å². The summed E-state index contributed by atoms with van der Waals surface area (Å²) in [6, 6.07) is 1.80. The van der Waals surface area contributed by atoms with Crippen molar-refractivity contribution in [2.24, 2.45) is 0 Å². The van der Waals surface area contributed by atoms with Gasteiger partial charge in [-0.15, -0.1) is 0 Å². The van der Waals surface area contributed by atoms with E-state index < -0.39 is 0 Å². The Morgan fingerprint density at radius 2 is 2.27 bits per heavy atom. The van der Waals surface area contributed by atoms with Crippen LogP contribution in [0.1, 0.15) is 0 Å². The molecular weight excluding hydrogens is 194 g/mol. The van der Waals surface area contributed by atoms with Crippen LogP contribution in [-0.2, 0) is 0 Å². The Morgan fingerprint density at radius 3 is 3.07 bits per heavy atom. The lowest BCUT2D eigenvalue weighted by molar-refractivity contribution is 0.568. The Morgan fingerprint density at radius 1 is 1.33 bits per heavy atom. The van der Waals surface area contributed by atoms with Crippen LogP contribution >= 0.6 is 0 Å². The fourth-order valence-electron chi connectivity index (χ4n) is 1.62. The summed E-state index contributed by atoms with van der Waals surface area (Å²) in [6.07, 6.45) is 6.28. The fraction of sp³-hybridized carbons (Fsp3) is 0. The third kappa shape index (κ3) is 1.10. The van der Waals surface area contributed by atoms with Gasteiger partial charge in [0.2, 0.25) is 0 Å². The zero-order chi connectivity index (χ0) is 10.3. The van der Waals surface area contributed by atoms with Crippen LogP contribution in [0.5, 0.6) is 0 Å². The lowest BCUT2D eigenvalue weighted by Gasteiger charge is -1.91. The van der Waals surface area contributed by atoms with E-state index in [1.807, 2.05) is 0 Å². The number of rotatable bonds is 1. The van der Waals surface area contributed by atoms with E-state index >= 15 is 0 Å². The van der Waals surface area contributed by atoms with Gasteiger partial charge in [-0.2, -0.15) is 0 Å². The number of H-pyrrole nitrogens is 2. The number of fused-ring (bicyclic) bond motifs is 1. The van der Waals surface area contributed by atoms with E-state index in [0.717, 1.165) is 11.1 Å². The molecular formula is C10H7N3O2. The number of nitrogens with one attached hydrogen (secondary N) is 2. The molecule has 0 atom stereocenters. The van der Waals surface area contributed by atoms with Crippen LogP contribution in [-0.4, -0.2) is 15.0 Å². The minimum absolute atomic E-state index is 0.155. The maximum atomic E-state index is 11.6. The average molecular weight is 201 g/mol. The highest BCUT2D eigenvalue weighted by Gasteiger charge is 2.10. The first kappa shape index (κ1) is 8.05. The molecule has 0 spiro atoms. The van der Waals surface area contributed by atoms with E-state index in [4.69, 9.17) is 4.42 Å². The highest BCUT2D eigenvalue weighted by atomic mass is 16.3. The Balaban J connectivity index is 2.43. The van der Waals surface area contributed by atoms with E-state index in [9.17, 15) is 4.79 Å². The van der Waals surface area contributed by atoms with Crippen molar-refractivity contribution in [2.75, 3.05) is 0 Å². The number of furan rings is 1. The van der Waals surface area contributed by atoms with Gasteiger partial charge in [0.1, 0.15) is 5.65 Å². The molecule has 0 amide bonds. The van der Waals surface area contributed by atoms with Crippen LogP contribution in [0.4, 0.5) is 0 Å². The van der Waals surface area contributed by atoms with Gasteiger partial charge in [-0.25, -0.2) is 4.98 Å². The van der Waals surface area contributed by atoms with Gasteiger partial charge in [-0.3, -0.25) is 4.79 Å². The molecule has 0 fully saturated rings. The summed E-state index contributed by atoms with van der Waals surface area (Å²) in [4.78, 5) is 21.1. The third-order valence-corrected chi connectivity index (χ3v) is 2.31. The molecule has 15 heavy (non-hydrogen) atoms. The molecule has 0 unspecified atom stereocenters. The van der Waals surface area contributed by atoms with E-state index in [1.165, 1.54) is 6.33 Å². The molecule has 0 aliphatic carbocycles. The molecule has 3 aromatic heterocycles. The minimum atomic E-state index is -0.155. The molecule has 3 rings (SSSR count). The monoisotopic (exact) mass is 201 g/mol. The molecule has 2 N–H and O–H groups in total. The Kier molecular flexibility index (Phi) is 1.53. The van der Waals surface area contributed by atoms with Crippen LogP contribution < -0.4 is 5.56 Å². The van der Waals surface area contributed by atoms with Crippen LogP contribution in [0.15, 0.2) is 40.3 Å². The standard InChI is InChI=1S/C10H7N3O2/c14-10-8-7(6-1-2-15-4-6)3-11-9(8)12-5-13-10/h1-5H,(H2,11,12,13,14). The molecule has 0 aliphatic rings. The fourth-order valence-corrected chi connectivity index (χ4v) is 1.62. The molecule has 0 bridgehead atoms. The number of nitrogens with zero attached hydrogens (tertiary/aromatic N) is 1. The van der Waals surface area contributed by atoms with E-state index in [0.29, 0.717) is 11.0 Å². The summed E-state index contributed by atoms with van der Waals surface area (Å²) < 4.78 is 4.98. The lowest BCUT2D eigenvalue weighted by Crippen LogP contribution is -2.05. The maximum Gasteiger partial charge on any atom is 0.260 e. The van der Waals surface area contributed by atoms with E-state index in [-0.39, 0.29) is 5.56 Å². The summed E-state index contributed by atoms with van der Waals surface area (Å²) in [6.45, 7) is 0. The summed E-state index contributed by atoms with van der Waals surface area (Å²) in [5, 5.41) is 0.555. The van der Waals surface area contributed by atoms with Crippen molar-refractivity contribution in [3.05, 3.63) is 41.5 Å². The first-order valence-corrected chi connectivity index (χ1v) is 4.43. The molecule has 0 saturated heterocycles. The average Bonchev–Trinajstić information content (AvgIpc) is 2.85. The van der Waals surface area contributed by atoms with Crippen molar-refractivity contribution < 1.29 is 4.42 Å². The van der Waals surface area contributed by atoms with Gasteiger partial charge in [0.15, 0.2) is 0 Å². The zero-order valence-corrected chi connectivity index (χ0v) is 7.65. The predicted octanol–water partition coefficient (Wildman–Crippen LogP) is 1.51. The first-order valence-electron chi connectivity index (χ1n) is 4.43. The van der Waals surface area contributed by atoms with Gasteiger partial charge in [0, 0.05) is 17.3 Å². The molecule has 74 valence electrons. The van der Waals surface area contributed by atoms with Gasteiger partial charge >= 0.3 is 0 Å². The largest absolute Gasteiger partial charge is 0.472 e. The van der Waals surface area contributed by atoms with Crippen molar-refractivity contribution in [3.63, 3.8) is 0 Å². The van der Waals surface area contributed by atoms with E-state index in [2.05, 4.69) is 15.0 Å². The molecule has 3 heterocycles. The second-order valence-corrected chi connectivity index (χ2v) is 3.17. The van der Waals surface area contributed by atoms with Gasteiger partial charge < -0.3 is 14.4 Å². The minimum Gasteiger partial charge on any atom is -0.472 e. The van der Waals surface area contributed by atoms with Gasteiger partial charge in [0.25, 0.3) is 5.56 Å². The normalized spacial score (nSPS) is 10.9. The number of hydrogen-bond acceptors (Lipinski definition) is 3. The van der Waals surface area contributed by atoms with Crippen molar-refractivity contribution in [1.29, 1.82) is 0 Å². The van der Waals surface area contributed by atoms with Crippen molar-refractivity contribution in [2.45, 2.75) is 0 Å². The van der Waals surface area contributed by atoms with E-state index in [1.54, 1.807) is 24.8 Å². The smallest absolute Gasteiger partial charge is 0.260 e. The number of hydrogen-bond donors (Lipinski definition) is 2. The summed E-state index contributed by atoms with van der Waals surface area (Å²) in [7, 11) is 0. The van der Waals surface area contributed by atoms with Crippen LogP contribution in [0.3, 0.4) is 0 Å². The van der Waals surface area contributed by atoms with Gasteiger partial charge in [-0.1, -0.05) is 0 Å². The summed E-state index contributed by atoms with van der Waals surface area (Å²) in [5.41, 5.74) is 2.08. The molecule has 5 nitrogen and oxygen atoms in total. The Labute approximate surface area is 83.8 Å². The number of aromatic amines is 2. The highest BCUT2D eigenvalue weighted by Crippen LogP contribution is 2.24. The quantitative estimate of drug-likeness (QED) is 0.626. The van der Waals surface area contributed by atoms with Crippen LogP contribution in [0.25, 0.3) is 22.2 Å². The molecule has 0 radical (unpaired) electrons. The number of aromatic nitrogens is 3. The molecule has 3 aromatic rings. The topological polar surface area (TPSA) is 74.7 Å². The van der Waals surface area contributed by atoms with Crippen molar-refractivity contribution in [3.8, 4) is 11.1 Å². The first-order chi connectivity index (χ1) is 7.36. The predicted molar refractivity (Wildman–Crippen MR) is 54.4 cm³/mol. The van der Waals surface area contributed by atoms with Crippen molar-refractivity contribution in [1.82, 2.24) is 15.0 Å². The second-order valence-electron chi connectivity index (χ2n) is 3.17. The lowest BCUT2D eigenvalue weighted by atomic mass is 10.1. The molecule has 5 heteroatoms.